The maximum atomic E-state index is 12.3. The van der Waals surface area contributed by atoms with Gasteiger partial charge in [0.05, 0.1) is 40.6 Å². The van der Waals surface area contributed by atoms with Gasteiger partial charge in [-0.05, 0) is 50.2 Å². The van der Waals surface area contributed by atoms with Crippen LogP contribution in [0.4, 0.5) is 5.69 Å². The van der Waals surface area contributed by atoms with Gasteiger partial charge in [-0.25, -0.2) is 9.78 Å². The van der Waals surface area contributed by atoms with E-state index in [9.17, 15) is 9.59 Å². The van der Waals surface area contributed by atoms with Gasteiger partial charge in [0.25, 0.3) is 0 Å². The second kappa shape index (κ2) is 9.26. The molecule has 0 aliphatic carbocycles. The number of nitrogens with zero attached hydrogens (tertiary/aromatic N) is 3. The molecular formula is C21H20N4O3S. The van der Waals surface area contributed by atoms with Gasteiger partial charge in [0, 0.05) is 12.2 Å². The molecule has 0 aliphatic rings. The molecule has 3 aromatic rings. The minimum absolute atomic E-state index is 0.171. The lowest BCUT2D eigenvalue weighted by Crippen LogP contribution is -2.14. The number of aryl methyl sites for hydroxylation is 1. The summed E-state index contributed by atoms with van der Waals surface area (Å²) < 4.78 is 7.04. The molecule has 0 saturated carbocycles. The Balaban J connectivity index is 1.74. The second-order valence-corrected chi connectivity index (χ2v) is 7.03. The van der Waals surface area contributed by atoms with E-state index in [1.165, 1.54) is 11.8 Å². The molecule has 1 amide bonds. The van der Waals surface area contributed by atoms with Gasteiger partial charge in [0.1, 0.15) is 0 Å². The van der Waals surface area contributed by atoms with Gasteiger partial charge in [0.2, 0.25) is 5.91 Å². The summed E-state index contributed by atoms with van der Waals surface area (Å²) in [5.41, 5.74) is 3.09. The smallest absolute Gasteiger partial charge is 0.338 e. The normalized spacial score (nSPS) is 10.5. The zero-order valence-electron chi connectivity index (χ0n) is 16.1. The Morgan fingerprint density at radius 1 is 1.24 bits per heavy atom. The van der Waals surface area contributed by atoms with E-state index >= 15 is 0 Å². The standard InChI is InChI=1S/C21H20N4O3S/c1-3-25-18-9-8-15(20(27)28-4-2)11-17(18)24-21(25)29-13-19(26)23-16-7-5-6-14(10-16)12-22/h5-11H,3-4,13H2,1-2H3,(H,23,26). The van der Waals surface area contributed by atoms with E-state index in [-0.39, 0.29) is 17.6 Å². The number of thioether (sulfide) groups is 1. The summed E-state index contributed by atoms with van der Waals surface area (Å²) >= 11 is 1.32. The number of benzene rings is 2. The minimum Gasteiger partial charge on any atom is -0.462 e. The molecular weight excluding hydrogens is 388 g/mol. The molecule has 0 bridgehead atoms. The van der Waals surface area contributed by atoms with Gasteiger partial charge in [-0.3, -0.25) is 4.79 Å². The number of amides is 1. The summed E-state index contributed by atoms with van der Waals surface area (Å²) in [7, 11) is 0. The Morgan fingerprint density at radius 3 is 2.79 bits per heavy atom. The highest BCUT2D eigenvalue weighted by molar-refractivity contribution is 7.99. The topological polar surface area (TPSA) is 97.0 Å². The summed E-state index contributed by atoms with van der Waals surface area (Å²) in [6.45, 7) is 4.76. The summed E-state index contributed by atoms with van der Waals surface area (Å²) in [6, 6.07) is 14.1. The number of fused-ring (bicyclic) bond motifs is 1. The predicted molar refractivity (Wildman–Crippen MR) is 112 cm³/mol. The number of esters is 1. The molecule has 0 unspecified atom stereocenters. The molecule has 0 atom stereocenters. The van der Waals surface area contributed by atoms with Crippen LogP contribution in [0, 0.1) is 11.3 Å². The average Bonchev–Trinajstić information content (AvgIpc) is 3.09. The van der Waals surface area contributed by atoms with Gasteiger partial charge in [0.15, 0.2) is 5.16 Å². The predicted octanol–water partition coefficient (Wildman–Crippen LogP) is 3.84. The highest BCUT2D eigenvalue weighted by Crippen LogP contribution is 2.25. The van der Waals surface area contributed by atoms with Crippen molar-refractivity contribution < 1.29 is 14.3 Å². The van der Waals surface area contributed by atoms with E-state index < -0.39 is 0 Å². The molecule has 3 rings (SSSR count). The van der Waals surface area contributed by atoms with Crippen LogP contribution in [0.1, 0.15) is 29.8 Å². The van der Waals surface area contributed by atoms with Crippen molar-refractivity contribution in [1.82, 2.24) is 9.55 Å². The van der Waals surface area contributed by atoms with Crippen LogP contribution in [-0.4, -0.2) is 33.8 Å². The Bertz CT molecular complexity index is 1100. The number of aromatic nitrogens is 2. The maximum absolute atomic E-state index is 12.3. The van der Waals surface area contributed by atoms with Crippen molar-refractivity contribution in [3.05, 3.63) is 53.6 Å². The third kappa shape index (κ3) is 4.76. The Kier molecular flexibility index (Phi) is 6.52. The molecule has 29 heavy (non-hydrogen) atoms. The van der Waals surface area contributed by atoms with E-state index in [2.05, 4.69) is 10.3 Å². The van der Waals surface area contributed by atoms with E-state index in [4.69, 9.17) is 10.00 Å². The average molecular weight is 408 g/mol. The zero-order chi connectivity index (χ0) is 20.8. The second-order valence-electron chi connectivity index (χ2n) is 6.09. The first-order valence-corrected chi connectivity index (χ1v) is 10.1. The third-order valence-electron chi connectivity index (χ3n) is 4.15. The van der Waals surface area contributed by atoms with Crippen LogP contribution < -0.4 is 5.32 Å². The van der Waals surface area contributed by atoms with E-state index in [0.717, 1.165) is 5.52 Å². The first-order chi connectivity index (χ1) is 14.0. The van der Waals surface area contributed by atoms with Gasteiger partial charge in [-0.1, -0.05) is 17.8 Å². The monoisotopic (exact) mass is 408 g/mol. The van der Waals surface area contributed by atoms with Crippen LogP contribution in [0.2, 0.25) is 0 Å². The van der Waals surface area contributed by atoms with Crippen LogP contribution in [0.5, 0.6) is 0 Å². The fourth-order valence-electron chi connectivity index (χ4n) is 2.86. The molecule has 8 heteroatoms. The molecule has 0 fully saturated rings. The van der Waals surface area contributed by atoms with Crippen LogP contribution >= 0.6 is 11.8 Å². The van der Waals surface area contributed by atoms with Crippen LogP contribution in [0.3, 0.4) is 0 Å². The quantitative estimate of drug-likeness (QED) is 0.471. The number of hydrogen-bond donors (Lipinski definition) is 1. The summed E-state index contributed by atoms with van der Waals surface area (Å²) in [6.07, 6.45) is 0. The van der Waals surface area contributed by atoms with Crippen LogP contribution in [0.15, 0.2) is 47.6 Å². The highest BCUT2D eigenvalue weighted by atomic mass is 32.2. The lowest BCUT2D eigenvalue weighted by atomic mass is 10.2. The molecule has 148 valence electrons. The number of nitrogens with one attached hydrogen (secondary N) is 1. The van der Waals surface area contributed by atoms with Gasteiger partial charge >= 0.3 is 5.97 Å². The number of imidazole rings is 1. The number of ether oxygens (including phenoxy) is 1. The lowest BCUT2D eigenvalue weighted by Gasteiger charge is -2.07. The number of hydrogen-bond acceptors (Lipinski definition) is 6. The van der Waals surface area contributed by atoms with Crippen molar-refractivity contribution in [3.63, 3.8) is 0 Å². The van der Waals surface area contributed by atoms with Crippen LogP contribution in [0.25, 0.3) is 11.0 Å². The van der Waals surface area contributed by atoms with E-state index in [1.54, 1.807) is 43.3 Å². The summed E-state index contributed by atoms with van der Waals surface area (Å²) in [4.78, 5) is 28.8. The van der Waals surface area contributed by atoms with Crippen molar-refractivity contribution in [3.8, 4) is 6.07 Å². The molecule has 1 aromatic heterocycles. The molecule has 0 saturated heterocycles. The van der Waals surface area contributed by atoms with Crippen molar-refractivity contribution in [2.45, 2.75) is 25.5 Å². The third-order valence-corrected chi connectivity index (χ3v) is 5.12. The fourth-order valence-corrected chi connectivity index (χ4v) is 3.74. The molecule has 1 N–H and O–H groups in total. The van der Waals surface area contributed by atoms with Crippen LogP contribution in [-0.2, 0) is 16.1 Å². The number of anilines is 1. The Labute approximate surface area is 172 Å². The maximum Gasteiger partial charge on any atom is 0.338 e. The number of carbonyl (C=O) groups excluding carboxylic acids is 2. The highest BCUT2D eigenvalue weighted by Gasteiger charge is 2.15. The Morgan fingerprint density at radius 2 is 2.07 bits per heavy atom. The molecule has 0 radical (unpaired) electrons. The number of rotatable bonds is 7. The largest absolute Gasteiger partial charge is 0.462 e. The molecule has 0 spiro atoms. The van der Waals surface area contributed by atoms with E-state index in [0.29, 0.717) is 40.6 Å². The van der Waals surface area contributed by atoms with Crippen molar-refractivity contribution >= 4 is 40.4 Å². The van der Waals surface area contributed by atoms with Gasteiger partial charge in [-0.15, -0.1) is 0 Å². The van der Waals surface area contributed by atoms with E-state index in [1.807, 2.05) is 23.6 Å². The zero-order valence-corrected chi connectivity index (χ0v) is 17.0. The summed E-state index contributed by atoms with van der Waals surface area (Å²) in [5.74, 6) is -0.397. The molecule has 7 nitrogen and oxygen atoms in total. The van der Waals surface area contributed by atoms with Gasteiger partial charge in [-0.2, -0.15) is 5.26 Å². The lowest BCUT2D eigenvalue weighted by molar-refractivity contribution is -0.113. The molecule has 1 heterocycles. The first-order valence-electron chi connectivity index (χ1n) is 9.16. The number of nitriles is 1. The fraction of sp³-hybridized carbons (Fsp3) is 0.238. The SMILES string of the molecule is CCOC(=O)c1ccc2c(c1)nc(SCC(=O)Nc1cccc(C#N)c1)n2CC. The van der Waals surface area contributed by atoms with Crippen molar-refractivity contribution in [2.24, 2.45) is 0 Å². The Hall–Kier alpha value is -3.31. The molecule has 0 aliphatic heterocycles. The van der Waals surface area contributed by atoms with Gasteiger partial charge < -0.3 is 14.6 Å². The van der Waals surface area contributed by atoms with Crippen molar-refractivity contribution in [2.75, 3.05) is 17.7 Å². The minimum atomic E-state index is -0.381. The summed E-state index contributed by atoms with van der Waals surface area (Å²) in [5, 5.41) is 12.4. The molecule has 2 aromatic carbocycles. The number of carbonyl (C=O) groups is 2. The first kappa shape index (κ1) is 20.4. The van der Waals surface area contributed by atoms with Crippen molar-refractivity contribution in [1.29, 1.82) is 5.26 Å².